The predicted molar refractivity (Wildman–Crippen MR) is 148 cm³/mol. The standard InChI is InChI=1S/C31H32F2N4O4/c1-17-29(18(2)41-35-17)20-9-14-26-25(15-20)34-30(37(26)21-10-7-19(8-11-21)31(39)40-3)27-5-4-6-28(38)36(27)22-12-13-23(32)24(33)16-22/h9,12-16,19,21,27H,4-8,10-11H2,1-3H3. The number of amides is 1. The number of carbonyl (C=O) groups is 2. The molecule has 0 spiro atoms. The summed E-state index contributed by atoms with van der Waals surface area (Å²) in [5, 5.41) is 4.10. The number of hydrogen-bond acceptors (Lipinski definition) is 6. The lowest BCUT2D eigenvalue weighted by Gasteiger charge is -2.37. The monoisotopic (exact) mass is 562 g/mol. The Morgan fingerprint density at radius 1 is 1.02 bits per heavy atom. The van der Waals surface area contributed by atoms with Gasteiger partial charge in [-0.05, 0) is 82.2 Å². The fourth-order valence-corrected chi connectivity index (χ4v) is 6.60. The van der Waals surface area contributed by atoms with Crippen LogP contribution in [0.25, 0.3) is 22.2 Å². The van der Waals surface area contributed by atoms with Crippen molar-refractivity contribution in [3.8, 4) is 11.1 Å². The zero-order valence-corrected chi connectivity index (χ0v) is 23.3. The molecule has 2 fully saturated rings. The number of aromatic nitrogens is 3. The van der Waals surface area contributed by atoms with Crippen LogP contribution in [0, 0.1) is 31.4 Å². The van der Waals surface area contributed by atoms with Gasteiger partial charge in [0.25, 0.3) is 0 Å². The summed E-state index contributed by atoms with van der Waals surface area (Å²) in [6.45, 7) is 3.77. The highest BCUT2D eigenvalue weighted by molar-refractivity contribution is 5.95. The quantitative estimate of drug-likeness (QED) is 0.250. The van der Waals surface area contributed by atoms with Crippen LogP contribution in [-0.4, -0.2) is 33.7 Å². The Balaban J connectivity index is 1.48. The zero-order valence-electron chi connectivity index (χ0n) is 23.3. The molecule has 3 heterocycles. The maximum absolute atomic E-state index is 14.3. The Morgan fingerprint density at radius 3 is 2.49 bits per heavy atom. The molecule has 2 aliphatic rings. The SMILES string of the molecule is COC(=O)C1CCC(n2c(C3CCCC(=O)N3c3ccc(F)c(F)c3)nc3cc(-c4c(C)noc4C)ccc32)CC1. The van der Waals surface area contributed by atoms with Gasteiger partial charge in [-0.25, -0.2) is 13.8 Å². The number of nitrogens with zero attached hydrogens (tertiary/aromatic N) is 4. The summed E-state index contributed by atoms with van der Waals surface area (Å²) in [6, 6.07) is 9.22. The third-order valence-corrected chi connectivity index (χ3v) is 8.56. The number of ether oxygens (including phenoxy) is 1. The van der Waals surface area contributed by atoms with Crippen molar-refractivity contribution in [1.29, 1.82) is 0 Å². The molecule has 0 bridgehead atoms. The molecule has 1 unspecified atom stereocenters. The number of benzene rings is 2. The van der Waals surface area contributed by atoms with Crippen molar-refractivity contribution >= 4 is 28.6 Å². The van der Waals surface area contributed by atoms with Crippen molar-refractivity contribution in [2.75, 3.05) is 12.0 Å². The summed E-state index contributed by atoms with van der Waals surface area (Å²) in [6.07, 6.45) is 4.46. The first-order valence-corrected chi connectivity index (χ1v) is 14.1. The van der Waals surface area contributed by atoms with E-state index in [2.05, 4.69) is 9.72 Å². The highest BCUT2D eigenvalue weighted by atomic mass is 19.2. The van der Waals surface area contributed by atoms with E-state index in [-0.39, 0.29) is 23.8 Å². The summed E-state index contributed by atoms with van der Waals surface area (Å²) < 4.78 is 40.7. The molecule has 2 aromatic heterocycles. The van der Waals surface area contributed by atoms with E-state index in [0.29, 0.717) is 49.4 Å². The van der Waals surface area contributed by atoms with Crippen molar-refractivity contribution in [2.24, 2.45) is 5.92 Å². The second-order valence-corrected chi connectivity index (χ2v) is 11.0. The van der Waals surface area contributed by atoms with Crippen LogP contribution in [-0.2, 0) is 14.3 Å². The second-order valence-electron chi connectivity index (χ2n) is 11.0. The van der Waals surface area contributed by atoms with Crippen molar-refractivity contribution in [1.82, 2.24) is 14.7 Å². The van der Waals surface area contributed by atoms with Crippen LogP contribution in [0.5, 0.6) is 0 Å². The Labute approximate surface area is 236 Å². The summed E-state index contributed by atoms with van der Waals surface area (Å²) in [5.41, 5.74) is 4.61. The van der Waals surface area contributed by atoms with E-state index in [1.165, 1.54) is 13.2 Å². The Morgan fingerprint density at radius 2 is 1.80 bits per heavy atom. The smallest absolute Gasteiger partial charge is 0.308 e. The van der Waals surface area contributed by atoms with Gasteiger partial charge in [-0.2, -0.15) is 0 Å². The first-order chi connectivity index (χ1) is 19.8. The molecule has 1 aliphatic carbocycles. The number of fused-ring (bicyclic) bond motifs is 1. The predicted octanol–water partition coefficient (Wildman–Crippen LogP) is 6.75. The van der Waals surface area contributed by atoms with Crippen molar-refractivity contribution in [3.05, 3.63) is 65.3 Å². The number of rotatable bonds is 5. The molecule has 41 heavy (non-hydrogen) atoms. The van der Waals surface area contributed by atoms with E-state index < -0.39 is 17.7 Å². The van der Waals surface area contributed by atoms with E-state index >= 15 is 0 Å². The highest BCUT2D eigenvalue weighted by Crippen LogP contribution is 2.42. The van der Waals surface area contributed by atoms with Crippen LogP contribution in [0.2, 0.25) is 0 Å². The molecular weight excluding hydrogens is 530 g/mol. The second kappa shape index (κ2) is 10.7. The van der Waals surface area contributed by atoms with Crippen molar-refractivity contribution in [2.45, 2.75) is 70.9 Å². The number of imidazole rings is 1. The molecule has 0 radical (unpaired) electrons. The minimum Gasteiger partial charge on any atom is -0.469 e. The summed E-state index contributed by atoms with van der Waals surface area (Å²) in [7, 11) is 1.42. The van der Waals surface area contributed by atoms with Crippen LogP contribution >= 0.6 is 0 Å². The molecule has 1 saturated carbocycles. The lowest BCUT2D eigenvalue weighted by Crippen LogP contribution is -2.40. The average Bonchev–Trinajstić information content (AvgIpc) is 3.52. The highest BCUT2D eigenvalue weighted by Gasteiger charge is 2.37. The molecule has 10 heteroatoms. The third-order valence-electron chi connectivity index (χ3n) is 8.56. The molecule has 214 valence electrons. The van der Waals surface area contributed by atoms with Gasteiger partial charge in [0.2, 0.25) is 5.91 Å². The number of aryl methyl sites for hydroxylation is 2. The van der Waals surface area contributed by atoms with E-state index in [1.807, 2.05) is 32.0 Å². The zero-order chi connectivity index (χ0) is 28.8. The summed E-state index contributed by atoms with van der Waals surface area (Å²) in [5.74, 6) is -1.03. The van der Waals surface area contributed by atoms with E-state index in [9.17, 15) is 18.4 Å². The van der Waals surface area contributed by atoms with E-state index in [4.69, 9.17) is 14.2 Å². The lowest BCUT2D eigenvalue weighted by molar-refractivity contribution is -0.146. The first-order valence-electron chi connectivity index (χ1n) is 14.1. The van der Waals surface area contributed by atoms with Gasteiger partial charge < -0.3 is 18.7 Å². The number of esters is 1. The van der Waals surface area contributed by atoms with Gasteiger partial charge in [0.1, 0.15) is 11.6 Å². The van der Waals surface area contributed by atoms with E-state index in [0.717, 1.165) is 52.8 Å². The van der Waals surface area contributed by atoms with Gasteiger partial charge in [-0.1, -0.05) is 11.2 Å². The fraction of sp³-hybridized carbons (Fsp3) is 0.419. The van der Waals surface area contributed by atoms with Crippen LogP contribution < -0.4 is 4.90 Å². The Kier molecular flexibility index (Phi) is 7.09. The Bertz CT molecular complexity index is 1620. The molecular formula is C31H32F2N4O4. The van der Waals surface area contributed by atoms with Crippen molar-refractivity contribution < 1.29 is 27.6 Å². The number of halogens is 2. The summed E-state index contributed by atoms with van der Waals surface area (Å²) in [4.78, 5) is 32.2. The van der Waals surface area contributed by atoms with E-state index in [1.54, 1.807) is 4.90 Å². The van der Waals surface area contributed by atoms with Gasteiger partial charge in [-0.15, -0.1) is 0 Å². The molecule has 1 amide bonds. The normalized spacial score (nSPS) is 21.4. The van der Waals surface area contributed by atoms with Crippen LogP contribution in [0.4, 0.5) is 14.5 Å². The summed E-state index contributed by atoms with van der Waals surface area (Å²) >= 11 is 0. The maximum atomic E-state index is 14.3. The van der Waals surface area contributed by atoms with Crippen LogP contribution in [0.3, 0.4) is 0 Å². The number of methoxy groups -OCH3 is 1. The number of carbonyl (C=O) groups excluding carboxylic acids is 2. The van der Waals surface area contributed by atoms with Gasteiger partial charge in [0, 0.05) is 29.8 Å². The molecule has 1 saturated heterocycles. The number of hydrogen-bond donors (Lipinski definition) is 0. The number of piperidine rings is 1. The number of anilines is 1. The molecule has 8 nitrogen and oxygen atoms in total. The molecule has 6 rings (SSSR count). The molecule has 1 aliphatic heterocycles. The van der Waals surface area contributed by atoms with Gasteiger partial charge in [0.05, 0.1) is 35.8 Å². The van der Waals surface area contributed by atoms with Crippen LogP contribution in [0.1, 0.15) is 74.3 Å². The molecule has 0 N–H and O–H groups in total. The minimum atomic E-state index is -1.00. The maximum Gasteiger partial charge on any atom is 0.308 e. The average molecular weight is 563 g/mol. The van der Waals surface area contributed by atoms with Gasteiger partial charge in [-0.3, -0.25) is 9.59 Å². The molecule has 4 aromatic rings. The topological polar surface area (TPSA) is 90.5 Å². The fourth-order valence-electron chi connectivity index (χ4n) is 6.60. The van der Waals surface area contributed by atoms with Crippen molar-refractivity contribution in [3.63, 3.8) is 0 Å². The first kappa shape index (κ1) is 27.1. The molecule has 1 atom stereocenters. The largest absolute Gasteiger partial charge is 0.469 e. The Hall–Kier alpha value is -4.08. The minimum absolute atomic E-state index is 0.0460. The van der Waals surface area contributed by atoms with Gasteiger partial charge >= 0.3 is 5.97 Å². The third kappa shape index (κ3) is 4.79. The van der Waals surface area contributed by atoms with Gasteiger partial charge in [0.15, 0.2) is 11.6 Å². The van der Waals surface area contributed by atoms with Crippen LogP contribution in [0.15, 0.2) is 40.9 Å². The molecule has 2 aromatic carbocycles. The lowest BCUT2D eigenvalue weighted by atomic mass is 9.85.